The molecular formula is C18H23NOS. The van der Waals surface area contributed by atoms with Crippen LogP contribution in [0.3, 0.4) is 0 Å². The van der Waals surface area contributed by atoms with Gasteiger partial charge in [0.25, 0.3) is 0 Å². The molecule has 0 heterocycles. The topological polar surface area (TPSA) is 32.3 Å². The molecule has 0 saturated heterocycles. The second kappa shape index (κ2) is 8.88. The van der Waals surface area contributed by atoms with E-state index in [2.05, 4.69) is 60.1 Å². The van der Waals surface area contributed by atoms with Crippen molar-refractivity contribution in [3.63, 3.8) is 0 Å². The predicted octanol–water partition coefficient (Wildman–Crippen LogP) is 3.66. The molecule has 2 rings (SSSR count). The van der Waals surface area contributed by atoms with Crippen LogP contribution in [-0.2, 0) is 6.54 Å². The van der Waals surface area contributed by atoms with Crippen molar-refractivity contribution in [2.24, 2.45) is 0 Å². The van der Waals surface area contributed by atoms with Crippen molar-refractivity contribution < 1.29 is 5.11 Å². The molecule has 0 amide bonds. The summed E-state index contributed by atoms with van der Waals surface area (Å²) in [5, 5.41) is 12.7. The van der Waals surface area contributed by atoms with Crippen molar-refractivity contribution in [2.75, 3.05) is 19.4 Å². The molecule has 0 radical (unpaired) electrons. The lowest BCUT2D eigenvalue weighted by molar-refractivity contribution is 0.273. The van der Waals surface area contributed by atoms with Gasteiger partial charge in [-0.3, -0.25) is 0 Å². The fourth-order valence-electron chi connectivity index (χ4n) is 2.40. The molecule has 1 unspecified atom stereocenters. The molecule has 21 heavy (non-hydrogen) atoms. The number of rotatable bonds is 8. The van der Waals surface area contributed by atoms with E-state index in [4.69, 9.17) is 0 Å². The lowest BCUT2D eigenvalue weighted by Gasteiger charge is -2.17. The van der Waals surface area contributed by atoms with E-state index in [0.717, 1.165) is 19.5 Å². The summed E-state index contributed by atoms with van der Waals surface area (Å²) in [4.78, 5) is 1.29. The van der Waals surface area contributed by atoms with Gasteiger partial charge in [-0.2, -0.15) is 0 Å². The average Bonchev–Trinajstić information content (AvgIpc) is 2.55. The molecule has 0 aliphatic heterocycles. The number of aliphatic hydroxyl groups is 1. The van der Waals surface area contributed by atoms with E-state index in [0.29, 0.717) is 5.92 Å². The van der Waals surface area contributed by atoms with Gasteiger partial charge in [0, 0.05) is 24.6 Å². The maximum atomic E-state index is 9.24. The number of nitrogens with one attached hydrogen (secondary N) is 1. The van der Waals surface area contributed by atoms with Crippen LogP contribution in [-0.4, -0.2) is 24.5 Å². The van der Waals surface area contributed by atoms with Crippen LogP contribution in [0.2, 0.25) is 0 Å². The molecule has 0 spiro atoms. The lowest BCUT2D eigenvalue weighted by atomic mass is 9.96. The minimum absolute atomic E-state index is 0.226. The second-order valence-corrected chi connectivity index (χ2v) is 5.98. The predicted molar refractivity (Wildman–Crippen MR) is 90.8 cm³/mol. The number of benzene rings is 2. The molecule has 0 aliphatic rings. The molecule has 1 atom stereocenters. The lowest BCUT2D eigenvalue weighted by Crippen LogP contribution is -2.22. The van der Waals surface area contributed by atoms with Gasteiger partial charge < -0.3 is 10.4 Å². The van der Waals surface area contributed by atoms with Crippen LogP contribution in [0.4, 0.5) is 0 Å². The Morgan fingerprint density at radius 3 is 2.38 bits per heavy atom. The SMILES string of the molecule is CSc1ccc(CNCC(CCO)c2ccccc2)cc1. The van der Waals surface area contributed by atoms with Crippen molar-refractivity contribution in [1.29, 1.82) is 0 Å². The van der Waals surface area contributed by atoms with Crippen LogP contribution in [0.25, 0.3) is 0 Å². The Hall–Kier alpha value is -1.29. The first-order valence-corrected chi connectivity index (χ1v) is 8.55. The minimum Gasteiger partial charge on any atom is -0.396 e. The van der Waals surface area contributed by atoms with Crippen LogP contribution >= 0.6 is 11.8 Å². The largest absolute Gasteiger partial charge is 0.396 e. The standard InChI is InChI=1S/C18H23NOS/c1-21-18-9-7-15(8-10-18)13-19-14-17(11-12-20)16-5-3-2-4-6-16/h2-10,17,19-20H,11-14H2,1H3. The van der Waals surface area contributed by atoms with E-state index < -0.39 is 0 Å². The number of hydrogen-bond donors (Lipinski definition) is 2. The quantitative estimate of drug-likeness (QED) is 0.730. The number of thioether (sulfide) groups is 1. The van der Waals surface area contributed by atoms with Gasteiger partial charge >= 0.3 is 0 Å². The first-order chi connectivity index (χ1) is 10.3. The van der Waals surface area contributed by atoms with Crippen molar-refractivity contribution in [3.8, 4) is 0 Å². The molecule has 0 aromatic heterocycles. The number of hydrogen-bond acceptors (Lipinski definition) is 3. The molecule has 0 bridgehead atoms. The normalized spacial score (nSPS) is 12.3. The minimum atomic E-state index is 0.226. The van der Waals surface area contributed by atoms with Gasteiger partial charge in [-0.05, 0) is 41.9 Å². The molecule has 0 fully saturated rings. The summed E-state index contributed by atoms with van der Waals surface area (Å²) in [6.45, 7) is 1.97. The highest BCUT2D eigenvalue weighted by Crippen LogP contribution is 2.19. The molecule has 112 valence electrons. The summed E-state index contributed by atoms with van der Waals surface area (Å²) in [6.07, 6.45) is 2.88. The summed E-state index contributed by atoms with van der Waals surface area (Å²) < 4.78 is 0. The van der Waals surface area contributed by atoms with Crippen LogP contribution in [0.15, 0.2) is 59.5 Å². The van der Waals surface area contributed by atoms with Gasteiger partial charge in [0.2, 0.25) is 0 Å². The van der Waals surface area contributed by atoms with E-state index in [1.54, 1.807) is 11.8 Å². The summed E-state index contributed by atoms with van der Waals surface area (Å²) in [6, 6.07) is 19.1. The van der Waals surface area contributed by atoms with Crippen LogP contribution in [0.1, 0.15) is 23.5 Å². The smallest absolute Gasteiger partial charge is 0.0437 e. The number of aliphatic hydroxyl groups excluding tert-OH is 1. The van der Waals surface area contributed by atoms with Gasteiger partial charge in [-0.1, -0.05) is 42.5 Å². The third-order valence-electron chi connectivity index (χ3n) is 3.63. The fourth-order valence-corrected chi connectivity index (χ4v) is 2.81. The van der Waals surface area contributed by atoms with Gasteiger partial charge in [0.1, 0.15) is 0 Å². The Morgan fingerprint density at radius 2 is 1.76 bits per heavy atom. The van der Waals surface area contributed by atoms with E-state index in [1.165, 1.54) is 16.0 Å². The van der Waals surface area contributed by atoms with Gasteiger partial charge in [-0.15, -0.1) is 11.8 Å². The molecular weight excluding hydrogens is 278 g/mol. The van der Waals surface area contributed by atoms with Crippen molar-refractivity contribution in [3.05, 3.63) is 65.7 Å². The molecule has 3 heteroatoms. The third kappa shape index (κ3) is 5.20. The van der Waals surface area contributed by atoms with E-state index in [1.807, 2.05) is 6.07 Å². The van der Waals surface area contributed by atoms with Crippen molar-refractivity contribution in [2.45, 2.75) is 23.8 Å². The second-order valence-electron chi connectivity index (χ2n) is 5.10. The van der Waals surface area contributed by atoms with Gasteiger partial charge in [0.05, 0.1) is 0 Å². The van der Waals surface area contributed by atoms with Gasteiger partial charge in [-0.25, -0.2) is 0 Å². The van der Waals surface area contributed by atoms with Crippen molar-refractivity contribution >= 4 is 11.8 Å². The zero-order chi connectivity index (χ0) is 14.9. The molecule has 0 saturated carbocycles. The first kappa shape index (κ1) is 16.1. The maximum absolute atomic E-state index is 9.24. The molecule has 2 N–H and O–H groups in total. The zero-order valence-corrected chi connectivity index (χ0v) is 13.3. The third-order valence-corrected chi connectivity index (χ3v) is 4.37. The van der Waals surface area contributed by atoms with Crippen LogP contribution in [0, 0.1) is 0 Å². The fraction of sp³-hybridized carbons (Fsp3) is 0.333. The zero-order valence-electron chi connectivity index (χ0n) is 12.5. The van der Waals surface area contributed by atoms with E-state index >= 15 is 0 Å². The Morgan fingerprint density at radius 1 is 1.05 bits per heavy atom. The highest BCUT2D eigenvalue weighted by atomic mass is 32.2. The summed E-state index contributed by atoms with van der Waals surface area (Å²) in [5.41, 5.74) is 2.58. The highest BCUT2D eigenvalue weighted by Gasteiger charge is 2.10. The summed E-state index contributed by atoms with van der Waals surface area (Å²) in [5.74, 6) is 0.363. The van der Waals surface area contributed by atoms with Crippen molar-refractivity contribution in [1.82, 2.24) is 5.32 Å². The van der Waals surface area contributed by atoms with E-state index in [-0.39, 0.29) is 6.61 Å². The van der Waals surface area contributed by atoms with Gasteiger partial charge in [0.15, 0.2) is 0 Å². The maximum Gasteiger partial charge on any atom is 0.0437 e. The monoisotopic (exact) mass is 301 g/mol. The van der Waals surface area contributed by atoms with E-state index in [9.17, 15) is 5.11 Å². The van der Waals surface area contributed by atoms with Crippen LogP contribution in [0.5, 0.6) is 0 Å². The Balaban J connectivity index is 1.87. The average molecular weight is 301 g/mol. The highest BCUT2D eigenvalue weighted by molar-refractivity contribution is 7.98. The van der Waals surface area contributed by atoms with Crippen LogP contribution < -0.4 is 5.32 Å². The molecule has 2 aromatic carbocycles. The summed E-state index contributed by atoms with van der Waals surface area (Å²) >= 11 is 1.76. The molecule has 0 aliphatic carbocycles. The molecule has 2 nitrogen and oxygen atoms in total. The molecule has 2 aromatic rings. The Kier molecular flexibility index (Phi) is 6.80. The Labute approximate surface area is 131 Å². The first-order valence-electron chi connectivity index (χ1n) is 7.33. The Bertz CT molecular complexity index is 513. The summed E-state index contributed by atoms with van der Waals surface area (Å²) in [7, 11) is 0.